The quantitative estimate of drug-likeness (QED) is 0.812. The molecule has 3 heteroatoms. The van der Waals surface area contributed by atoms with E-state index in [0.29, 0.717) is 10.0 Å². The van der Waals surface area contributed by atoms with E-state index in [9.17, 15) is 4.39 Å². The molecule has 0 aromatic heterocycles. The first-order valence-corrected chi connectivity index (χ1v) is 6.40. The van der Waals surface area contributed by atoms with Crippen LogP contribution >= 0.6 is 15.9 Å². The van der Waals surface area contributed by atoms with Gasteiger partial charge in [0, 0.05) is 11.6 Å². The van der Waals surface area contributed by atoms with Gasteiger partial charge in [0.05, 0.1) is 4.47 Å². The van der Waals surface area contributed by atoms with Crippen molar-refractivity contribution in [2.45, 2.75) is 25.3 Å². The van der Waals surface area contributed by atoms with Gasteiger partial charge >= 0.3 is 0 Å². The lowest BCUT2D eigenvalue weighted by molar-refractivity contribution is 0.618. The van der Waals surface area contributed by atoms with Crippen molar-refractivity contribution in [3.8, 4) is 0 Å². The van der Waals surface area contributed by atoms with Crippen molar-refractivity contribution in [3.63, 3.8) is 0 Å². The third kappa shape index (κ3) is 3.42. The van der Waals surface area contributed by atoms with Crippen LogP contribution in [0.1, 0.15) is 24.8 Å². The minimum Gasteiger partial charge on any atom is -0.314 e. The molecule has 0 unspecified atom stereocenters. The van der Waals surface area contributed by atoms with Crippen LogP contribution in [0.5, 0.6) is 0 Å². The van der Waals surface area contributed by atoms with Gasteiger partial charge in [0.2, 0.25) is 0 Å². The van der Waals surface area contributed by atoms with Crippen molar-refractivity contribution >= 4 is 22.0 Å². The molecule has 1 fully saturated rings. The van der Waals surface area contributed by atoms with Crippen molar-refractivity contribution < 1.29 is 4.39 Å². The normalized spacial score (nSPS) is 15.9. The fraction of sp³-hybridized carbons (Fsp3) is 0.385. The van der Waals surface area contributed by atoms with E-state index in [0.717, 1.165) is 19.0 Å². The monoisotopic (exact) mass is 283 g/mol. The summed E-state index contributed by atoms with van der Waals surface area (Å²) in [6.45, 7) is 0.983. The summed E-state index contributed by atoms with van der Waals surface area (Å²) in [5, 5.41) is 3.41. The maximum atomic E-state index is 13.5. The molecule has 0 heterocycles. The zero-order valence-corrected chi connectivity index (χ0v) is 10.6. The Balaban J connectivity index is 1.82. The molecule has 0 amide bonds. The largest absolute Gasteiger partial charge is 0.314 e. The summed E-state index contributed by atoms with van der Waals surface area (Å²) in [4.78, 5) is 0. The summed E-state index contributed by atoms with van der Waals surface area (Å²) in [7, 11) is 0. The molecule has 1 aliphatic carbocycles. The van der Waals surface area contributed by atoms with E-state index in [1.54, 1.807) is 12.1 Å². The first-order valence-electron chi connectivity index (χ1n) is 5.61. The Labute approximate surface area is 104 Å². The van der Waals surface area contributed by atoms with Crippen LogP contribution in [-0.2, 0) is 0 Å². The lowest BCUT2D eigenvalue weighted by atomic mass is 10.2. The zero-order valence-electron chi connectivity index (χ0n) is 9.05. The maximum absolute atomic E-state index is 13.5. The predicted molar refractivity (Wildman–Crippen MR) is 68.8 cm³/mol. The van der Waals surface area contributed by atoms with E-state index < -0.39 is 0 Å². The average molecular weight is 284 g/mol. The Morgan fingerprint density at radius 1 is 1.44 bits per heavy atom. The van der Waals surface area contributed by atoms with E-state index in [4.69, 9.17) is 0 Å². The van der Waals surface area contributed by atoms with Crippen LogP contribution in [0.2, 0.25) is 0 Å². The van der Waals surface area contributed by atoms with Crippen molar-refractivity contribution in [1.29, 1.82) is 0 Å². The highest BCUT2D eigenvalue weighted by molar-refractivity contribution is 9.10. The molecule has 16 heavy (non-hydrogen) atoms. The number of hydrogen-bond donors (Lipinski definition) is 1. The number of hydrogen-bond acceptors (Lipinski definition) is 1. The molecular formula is C13H15BrFN. The van der Waals surface area contributed by atoms with Gasteiger partial charge in [-0.1, -0.05) is 24.3 Å². The van der Waals surface area contributed by atoms with Gasteiger partial charge < -0.3 is 5.32 Å². The van der Waals surface area contributed by atoms with E-state index in [1.165, 1.54) is 12.8 Å². The van der Waals surface area contributed by atoms with Gasteiger partial charge in [0.15, 0.2) is 0 Å². The van der Waals surface area contributed by atoms with Crippen LogP contribution in [0.3, 0.4) is 0 Å². The van der Waals surface area contributed by atoms with Crippen LogP contribution in [-0.4, -0.2) is 12.6 Å². The van der Waals surface area contributed by atoms with Gasteiger partial charge in [-0.3, -0.25) is 0 Å². The molecule has 0 bridgehead atoms. The molecule has 0 aliphatic heterocycles. The molecule has 0 radical (unpaired) electrons. The Morgan fingerprint density at radius 2 is 2.25 bits per heavy atom. The molecule has 1 aromatic rings. The highest BCUT2D eigenvalue weighted by atomic mass is 79.9. The average Bonchev–Trinajstić information content (AvgIpc) is 3.07. The van der Waals surface area contributed by atoms with Gasteiger partial charge in [-0.15, -0.1) is 0 Å². The standard InChI is InChI=1S/C13H15BrFN/c14-12-6-3-5-10(13(12)15)4-1-2-9-16-11-7-8-11/h1,3-6,11,16H,2,7-9H2/b4-1+. The molecule has 0 saturated heterocycles. The lowest BCUT2D eigenvalue weighted by Gasteiger charge is -2.00. The maximum Gasteiger partial charge on any atom is 0.144 e. The topological polar surface area (TPSA) is 12.0 Å². The van der Waals surface area contributed by atoms with Crippen LogP contribution in [0.25, 0.3) is 6.08 Å². The third-order valence-corrected chi connectivity index (χ3v) is 3.21. The zero-order chi connectivity index (χ0) is 11.4. The fourth-order valence-electron chi connectivity index (χ4n) is 1.52. The summed E-state index contributed by atoms with van der Waals surface area (Å²) >= 11 is 3.17. The van der Waals surface area contributed by atoms with Crippen LogP contribution in [0, 0.1) is 5.82 Å². The Bertz CT molecular complexity index is 386. The molecule has 1 nitrogen and oxygen atoms in total. The number of rotatable bonds is 5. The van der Waals surface area contributed by atoms with Crippen LogP contribution < -0.4 is 5.32 Å². The smallest absolute Gasteiger partial charge is 0.144 e. The number of nitrogens with one attached hydrogen (secondary N) is 1. The van der Waals surface area contributed by atoms with E-state index in [1.807, 2.05) is 18.2 Å². The molecule has 1 aliphatic rings. The Morgan fingerprint density at radius 3 is 3.00 bits per heavy atom. The first kappa shape index (κ1) is 11.8. The highest BCUT2D eigenvalue weighted by Gasteiger charge is 2.19. The molecule has 2 rings (SSSR count). The van der Waals surface area contributed by atoms with Gasteiger partial charge in [0.25, 0.3) is 0 Å². The van der Waals surface area contributed by atoms with E-state index >= 15 is 0 Å². The summed E-state index contributed by atoms with van der Waals surface area (Å²) in [5.41, 5.74) is 0.640. The Kier molecular flexibility index (Phi) is 4.13. The minimum atomic E-state index is -0.186. The molecule has 1 aromatic carbocycles. The molecule has 1 saturated carbocycles. The Hall–Kier alpha value is -0.670. The van der Waals surface area contributed by atoms with Crippen molar-refractivity contribution in [2.24, 2.45) is 0 Å². The fourth-order valence-corrected chi connectivity index (χ4v) is 1.90. The van der Waals surface area contributed by atoms with Crippen molar-refractivity contribution in [3.05, 3.63) is 40.1 Å². The van der Waals surface area contributed by atoms with Crippen LogP contribution in [0.4, 0.5) is 4.39 Å². The molecular weight excluding hydrogens is 269 g/mol. The predicted octanol–water partition coefficient (Wildman–Crippen LogP) is 3.74. The molecule has 1 N–H and O–H groups in total. The molecule has 0 spiro atoms. The van der Waals surface area contributed by atoms with Gasteiger partial charge in [0.1, 0.15) is 5.82 Å². The lowest BCUT2D eigenvalue weighted by Crippen LogP contribution is -2.16. The van der Waals surface area contributed by atoms with Crippen molar-refractivity contribution in [1.82, 2.24) is 5.32 Å². The van der Waals surface area contributed by atoms with E-state index in [2.05, 4.69) is 21.2 Å². The number of halogens is 2. The second kappa shape index (κ2) is 5.60. The summed E-state index contributed by atoms with van der Waals surface area (Å²) in [5.74, 6) is -0.186. The second-order valence-electron chi connectivity index (χ2n) is 4.06. The van der Waals surface area contributed by atoms with E-state index in [-0.39, 0.29) is 5.82 Å². The van der Waals surface area contributed by atoms with Gasteiger partial charge in [-0.25, -0.2) is 4.39 Å². The minimum absolute atomic E-state index is 0.186. The van der Waals surface area contributed by atoms with Gasteiger partial charge in [-0.05, 0) is 47.8 Å². The third-order valence-electron chi connectivity index (χ3n) is 2.60. The molecule has 0 atom stereocenters. The SMILES string of the molecule is Fc1c(Br)cccc1/C=C/CCNC1CC1. The second-order valence-corrected chi connectivity index (χ2v) is 4.92. The summed E-state index contributed by atoms with van der Waals surface area (Å²) in [6, 6.07) is 6.08. The summed E-state index contributed by atoms with van der Waals surface area (Å²) in [6.07, 6.45) is 7.42. The summed E-state index contributed by atoms with van der Waals surface area (Å²) < 4.78 is 14.1. The molecule has 86 valence electrons. The van der Waals surface area contributed by atoms with Crippen LogP contribution in [0.15, 0.2) is 28.7 Å². The van der Waals surface area contributed by atoms with Crippen molar-refractivity contribution in [2.75, 3.05) is 6.54 Å². The first-order chi connectivity index (χ1) is 7.77. The highest BCUT2D eigenvalue weighted by Crippen LogP contribution is 2.20. The van der Waals surface area contributed by atoms with Gasteiger partial charge in [-0.2, -0.15) is 0 Å². The number of benzene rings is 1.